The molecular weight excluding hydrogens is 286 g/mol. The number of nitrogens with zero attached hydrogens (tertiary/aromatic N) is 1. The van der Waals surface area contributed by atoms with Crippen molar-refractivity contribution in [3.63, 3.8) is 0 Å². The number of aliphatic hydroxyl groups excluding tert-OH is 1. The van der Waals surface area contributed by atoms with Crippen molar-refractivity contribution in [3.8, 4) is 0 Å². The van der Waals surface area contributed by atoms with E-state index in [9.17, 15) is 8.42 Å². The first-order valence-electron chi connectivity index (χ1n) is 5.62. The molecule has 104 valence electrons. The Balaban J connectivity index is 2.18. The molecule has 0 unspecified atom stereocenters. The molecule has 0 aliphatic carbocycles. The van der Waals surface area contributed by atoms with Crippen LogP contribution in [-0.4, -0.2) is 23.7 Å². The normalized spacial score (nSPS) is 11.9. The summed E-state index contributed by atoms with van der Waals surface area (Å²) in [6.45, 7) is 3.59. The van der Waals surface area contributed by atoms with E-state index in [0.717, 1.165) is 11.3 Å². The number of nitrogens with one attached hydrogen (secondary N) is 2. The molecule has 0 aromatic carbocycles. The second-order valence-corrected chi connectivity index (χ2v) is 7.21. The van der Waals surface area contributed by atoms with Crippen molar-refractivity contribution >= 4 is 21.4 Å². The fourth-order valence-electron chi connectivity index (χ4n) is 1.67. The summed E-state index contributed by atoms with van der Waals surface area (Å²) in [7, 11) is -3.57. The van der Waals surface area contributed by atoms with Gasteiger partial charge in [0, 0.05) is 27.6 Å². The molecule has 6 nitrogen and oxygen atoms in total. The van der Waals surface area contributed by atoms with E-state index in [2.05, 4.69) is 14.9 Å². The van der Waals surface area contributed by atoms with Crippen molar-refractivity contribution in [2.45, 2.75) is 31.9 Å². The molecule has 0 aliphatic heterocycles. The summed E-state index contributed by atoms with van der Waals surface area (Å²) in [6, 6.07) is 1.50. The molecule has 2 heterocycles. The fraction of sp³-hybridized carbons (Fsp3) is 0.364. The van der Waals surface area contributed by atoms with Gasteiger partial charge in [-0.3, -0.25) is 5.10 Å². The van der Waals surface area contributed by atoms with E-state index in [4.69, 9.17) is 5.11 Å². The standard InChI is InChI=1S/C11H15N3O3S2/c1-7-9(4-12-14-7)5-13-19(16,17)11-3-10(6-15)18-8(11)2/h3-4,13,15H,5-6H2,1-2H3,(H,12,14). The van der Waals surface area contributed by atoms with Gasteiger partial charge in [-0.15, -0.1) is 11.3 Å². The molecule has 2 rings (SSSR count). The highest BCUT2D eigenvalue weighted by molar-refractivity contribution is 7.89. The predicted octanol–water partition coefficient (Wildman–Crippen LogP) is 1.06. The van der Waals surface area contributed by atoms with Crippen molar-refractivity contribution in [2.24, 2.45) is 0 Å². The molecule has 0 saturated carbocycles. The smallest absolute Gasteiger partial charge is 0.241 e. The van der Waals surface area contributed by atoms with Gasteiger partial charge in [0.25, 0.3) is 0 Å². The average molecular weight is 301 g/mol. The number of aromatic amines is 1. The lowest BCUT2D eigenvalue weighted by molar-refractivity contribution is 0.285. The first-order valence-corrected chi connectivity index (χ1v) is 7.92. The minimum absolute atomic E-state index is 0.151. The van der Waals surface area contributed by atoms with Crippen LogP contribution in [0, 0.1) is 13.8 Å². The average Bonchev–Trinajstić information content (AvgIpc) is 2.93. The Bertz CT molecular complexity index is 673. The van der Waals surface area contributed by atoms with Crippen molar-refractivity contribution in [3.05, 3.63) is 33.3 Å². The van der Waals surface area contributed by atoms with Gasteiger partial charge in [-0.05, 0) is 19.9 Å². The molecule has 0 atom stereocenters. The van der Waals surface area contributed by atoms with E-state index < -0.39 is 10.0 Å². The molecule has 0 radical (unpaired) electrons. The molecule has 0 amide bonds. The highest BCUT2D eigenvalue weighted by Crippen LogP contribution is 2.25. The number of aliphatic hydroxyl groups is 1. The summed E-state index contributed by atoms with van der Waals surface area (Å²) in [5, 5.41) is 15.6. The molecule has 0 aliphatic rings. The molecule has 0 saturated heterocycles. The topological polar surface area (TPSA) is 95.1 Å². The monoisotopic (exact) mass is 301 g/mol. The number of aryl methyl sites for hydroxylation is 2. The molecule has 8 heteroatoms. The zero-order valence-electron chi connectivity index (χ0n) is 10.6. The van der Waals surface area contributed by atoms with Gasteiger partial charge in [0.2, 0.25) is 10.0 Å². The molecule has 19 heavy (non-hydrogen) atoms. The van der Waals surface area contributed by atoms with Crippen LogP contribution in [0.1, 0.15) is 21.0 Å². The molecule has 0 fully saturated rings. The quantitative estimate of drug-likeness (QED) is 0.769. The molecular formula is C11H15N3O3S2. The van der Waals surface area contributed by atoms with Gasteiger partial charge in [-0.25, -0.2) is 13.1 Å². The van der Waals surface area contributed by atoms with Crippen LogP contribution in [0.4, 0.5) is 0 Å². The van der Waals surface area contributed by atoms with Crippen LogP contribution in [0.5, 0.6) is 0 Å². The zero-order valence-corrected chi connectivity index (χ0v) is 12.2. The Morgan fingerprint density at radius 2 is 2.21 bits per heavy atom. The van der Waals surface area contributed by atoms with Crippen LogP contribution in [-0.2, 0) is 23.2 Å². The van der Waals surface area contributed by atoms with Crippen molar-refractivity contribution in [1.29, 1.82) is 0 Å². The largest absolute Gasteiger partial charge is 0.391 e. The Morgan fingerprint density at radius 3 is 2.74 bits per heavy atom. The van der Waals surface area contributed by atoms with Crippen molar-refractivity contribution < 1.29 is 13.5 Å². The lowest BCUT2D eigenvalue weighted by atomic mass is 10.3. The van der Waals surface area contributed by atoms with E-state index in [1.54, 1.807) is 13.1 Å². The molecule has 0 spiro atoms. The molecule has 2 aromatic rings. The number of rotatable bonds is 5. The number of sulfonamides is 1. The lowest BCUT2D eigenvalue weighted by Crippen LogP contribution is -2.23. The van der Waals surface area contributed by atoms with Crippen LogP contribution in [0.2, 0.25) is 0 Å². The van der Waals surface area contributed by atoms with E-state index in [1.165, 1.54) is 17.4 Å². The summed E-state index contributed by atoms with van der Waals surface area (Å²) in [6.07, 6.45) is 1.59. The maximum Gasteiger partial charge on any atom is 0.241 e. The minimum Gasteiger partial charge on any atom is -0.391 e. The van der Waals surface area contributed by atoms with Crippen molar-refractivity contribution in [2.75, 3.05) is 0 Å². The SMILES string of the molecule is Cc1[nH]ncc1CNS(=O)(=O)c1cc(CO)sc1C. The van der Waals surface area contributed by atoms with Crippen LogP contribution in [0.25, 0.3) is 0 Å². The number of thiophene rings is 1. The number of hydrogen-bond donors (Lipinski definition) is 3. The van der Waals surface area contributed by atoms with Crippen LogP contribution < -0.4 is 4.72 Å². The first-order chi connectivity index (χ1) is 8.94. The Morgan fingerprint density at radius 1 is 1.47 bits per heavy atom. The highest BCUT2D eigenvalue weighted by atomic mass is 32.2. The molecule has 3 N–H and O–H groups in total. The summed E-state index contributed by atoms with van der Waals surface area (Å²) >= 11 is 1.28. The van der Waals surface area contributed by atoms with Crippen LogP contribution in [0.15, 0.2) is 17.2 Å². The lowest BCUT2D eigenvalue weighted by Gasteiger charge is -2.05. The zero-order chi connectivity index (χ0) is 14.0. The van der Waals surface area contributed by atoms with Gasteiger partial charge in [0.1, 0.15) is 0 Å². The first kappa shape index (κ1) is 14.2. The summed E-state index contributed by atoms with van der Waals surface area (Å²) in [4.78, 5) is 1.53. The predicted molar refractivity (Wildman–Crippen MR) is 72.3 cm³/mol. The Kier molecular flexibility index (Phi) is 4.04. The van der Waals surface area contributed by atoms with E-state index in [-0.39, 0.29) is 18.0 Å². The summed E-state index contributed by atoms with van der Waals surface area (Å²) < 4.78 is 26.9. The Hall–Kier alpha value is -1.22. The molecule has 0 bridgehead atoms. The minimum atomic E-state index is -3.57. The number of H-pyrrole nitrogens is 1. The van der Waals surface area contributed by atoms with Crippen LogP contribution >= 0.6 is 11.3 Å². The molecule has 2 aromatic heterocycles. The van der Waals surface area contributed by atoms with Gasteiger partial charge in [-0.1, -0.05) is 0 Å². The third-order valence-corrected chi connectivity index (χ3v) is 5.45. The number of hydrogen-bond acceptors (Lipinski definition) is 5. The maximum absolute atomic E-state index is 12.2. The number of aromatic nitrogens is 2. The fourth-order valence-corrected chi connectivity index (χ4v) is 4.17. The third kappa shape index (κ3) is 3.03. The van der Waals surface area contributed by atoms with E-state index in [0.29, 0.717) is 9.75 Å². The van der Waals surface area contributed by atoms with Gasteiger partial charge in [0.15, 0.2) is 0 Å². The van der Waals surface area contributed by atoms with Gasteiger partial charge >= 0.3 is 0 Å². The highest BCUT2D eigenvalue weighted by Gasteiger charge is 2.19. The maximum atomic E-state index is 12.2. The Labute approximate surface area is 115 Å². The van der Waals surface area contributed by atoms with E-state index in [1.807, 2.05) is 6.92 Å². The third-order valence-electron chi connectivity index (χ3n) is 2.76. The summed E-state index contributed by atoms with van der Waals surface area (Å²) in [5.41, 5.74) is 1.64. The van der Waals surface area contributed by atoms with Crippen LogP contribution in [0.3, 0.4) is 0 Å². The second-order valence-electron chi connectivity index (χ2n) is 4.14. The second kappa shape index (κ2) is 5.41. The van der Waals surface area contributed by atoms with Crippen molar-refractivity contribution in [1.82, 2.24) is 14.9 Å². The van der Waals surface area contributed by atoms with Gasteiger partial charge in [0.05, 0.1) is 17.7 Å². The summed E-state index contributed by atoms with van der Waals surface area (Å²) in [5.74, 6) is 0. The van der Waals surface area contributed by atoms with E-state index >= 15 is 0 Å². The van der Waals surface area contributed by atoms with Gasteiger partial charge < -0.3 is 5.11 Å². The van der Waals surface area contributed by atoms with Gasteiger partial charge in [-0.2, -0.15) is 5.10 Å².